The van der Waals surface area contributed by atoms with Crippen LogP contribution in [-0.2, 0) is 30.6 Å². The summed E-state index contributed by atoms with van der Waals surface area (Å²) in [5.74, 6) is 2.85. The zero-order valence-electron chi connectivity index (χ0n) is 14.0. The van der Waals surface area contributed by atoms with E-state index in [0.717, 1.165) is 17.0 Å². The van der Waals surface area contributed by atoms with Crippen LogP contribution in [0, 0.1) is 6.92 Å². The summed E-state index contributed by atoms with van der Waals surface area (Å²) < 4.78 is 5.88. The van der Waals surface area contributed by atoms with E-state index in [9.17, 15) is 4.79 Å². The number of oxazole rings is 1. The molecule has 0 aliphatic carbocycles. The highest BCUT2D eigenvalue weighted by atomic mass is 16.4. The van der Waals surface area contributed by atoms with Gasteiger partial charge in [-0.25, -0.2) is 9.97 Å². The molecule has 0 fully saturated rings. The van der Waals surface area contributed by atoms with E-state index in [1.54, 1.807) is 4.90 Å². The number of carbonyl (C=O) groups is 1. The van der Waals surface area contributed by atoms with Gasteiger partial charge in [0.25, 0.3) is 0 Å². The van der Waals surface area contributed by atoms with Gasteiger partial charge in [-0.3, -0.25) is 9.89 Å². The van der Waals surface area contributed by atoms with Crippen LogP contribution in [0.2, 0.25) is 0 Å². The Hall–Kier alpha value is -2.96. The number of nitrogens with one attached hydrogen (secondary N) is 1. The van der Waals surface area contributed by atoms with E-state index < -0.39 is 0 Å². The number of carbonyl (C=O) groups excluding carboxylic acids is 1. The van der Waals surface area contributed by atoms with Gasteiger partial charge in [0.1, 0.15) is 17.3 Å². The van der Waals surface area contributed by atoms with Gasteiger partial charge in [-0.05, 0) is 12.5 Å². The van der Waals surface area contributed by atoms with E-state index in [0.29, 0.717) is 43.5 Å². The maximum Gasteiger partial charge on any atom is 0.230 e. The fraction of sp³-hybridized carbons (Fsp3) is 0.333. The number of amides is 1. The van der Waals surface area contributed by atoms with Gasteiger partial charge in [0.05, 0.1) is 13.0 Å². The first kappa shape index (κ1) is 15.6. The molecule has 0 atom stereocenters. The first-order valence-electron chi connectivity index (χ1n) is 8.34. The van der Waals surface area contributed by atoms with Crippen molar-refractivity contribution in [2.24, 2.45) is 0 Å². The number of aromatic nitrogens is 4. The molecule has 128 valence electrons. The highest BCUT2D eigenvalue weighted by Crippen LogP contribution is 2.21. The van der Waals surface area contributed by atoms with Crippen molar-refractivity contribution in [2.75, 3.05) is 6.54 Å². The molecule has 4 rings (SSSR count). The van der Waals surface area contributed by atoms with Crippen molar-refractivity contribution in [1.29, 1.82) is 0 Å². The molecular formula is C18H19N5O2. The summed E-state index contributed by atoms with van der Waals surface area (Å²) in [4.78, 5) is 23.0. The Kier molecular flexibility index (Phi) is 4.05. The van der Waals surface area contributed by atoms with Crippen molar-refractivity contribution in [3.63, 3.8) is 0 Å². The van der Waals surface area contributed by atoms with Crippen molar-refractivity contribution in [3.05, 3.63) is 64.9 Å². The topological polar surface area (TPSA) is 87.9 Å². The van der Waals surface area contributed by atoms with Crippen molar-refractivity contribution in [2.45, 2.75) is 32.7 Å². The number of H-pyrrole nitrogens is 1. The third-order valence-corrected chi connectivity index (χ3v) is 4.28. The van der Waals surface area contributed by atoms with E-state index >= 15 is 0 Å². The lowest BCUT2D eigenvalue weighted by atomic mass is 10.1. The molecule has 25 heavy (non-hydrogen) atoms. The highest BCUT2D eigenvalue weighted by Gasteiger charge is 2.26. The standard InChI is InChI=1S/C18H19N5O2/c1-12-19-16(22-21-12)10-18(24)23-8-7-15-14(11-23)20-17(25-15)9-13-5-3-2-4-6-13/h2-6H,7-11H2,1H3,(H,19,21,22). The Labute approximate surface area is 145 Å². The quantitative estimate of drug-likeness (QED) is 0.784. The largest absolute Gasteiger partial charge is 0.445 e. The SMILES string of the molecule is Cc1nc(CC(=O)N2CCc3oc(Cc4ccccc4)nc3C2)n[nH]1. The van der Waals surface area contributed by atoms with E-state index in [2.05, 4.69) is 32.3 Å². The highest BCUT2D eigenvalue weighted by molar-refractivity contribution is 5.78. The molecule has 0 unspecified atom stereocenters. The molecule has 0 saturated carbocycles. The first-order chi connectivity index (χ1) is 12.2. The van der Waals surface area contributed by atoms with Gasteiger partial charge >= 0.3 is 0 Å². The Morgan fingerprint density at radius 1 is 1.28 bits per heavy atom. The van der Waals surface area contributed by atoms with Gasteiger partial charge in [0.2, 0.25) is 5.91 Å². The fourth-order valence-corrected chi connectivity index (χ4v) is 3.03. The third-order valence-electron chi connectivity index (χ3n) is 4.28. The molecule has 7 nitrogen and oxygen atoms in total. The Morgan fingerprint density at radius 2 is 2.12 bits per heavy atom. The number of rotatable bonds is 4. The van der Waals surface area contributed by atoms with E-state index in [4.69, 9.17) is 4.42 Å². The van der Waals surface area contributed by atoms with Crippen LogP contribution in [0.5, 0.6) is 0 Å². The molecule has 0 radical (unpaired) electrons. The molecule has 1 aliphatic rings. The zero-order chi connectivity index (χ0) is 17.2. The summed E-state index contributed by atoms with van der Waals surface area (Å²) in [7, 11) is 0. The van der Waals surface area contributed by atoms with Crippen LogP contribution in [0.4, 0.5) is 0 Å². The van der Waals surface area contributed by atoms with Crippen molar-refractivity contribution in [1.82, 2.24) is 25.1 Å². The van der Waals surface area contributed by atoms with Crippen LogP contribution in [0.1, 0.15) is 34.6 Å². The van der Waals surface area contributed by atoms with Gasteiger partial charge < -0.3 is 9.32 Å². The maximum absolute atomic E-state index is 12.5. The summed E-state index contributed by atoms with van der Waals surface area (Å²) in [6.07, 6.45) is 1.56. The average molecular weight is 337 g/mol. The Balaban J connectivity index is 1.43. The van der Waals surface area contributed by atoms with Gasteiger partial charge in [0, 0.05) is 19.4 Å². The summed E-state index contributed by atoms with van der Waals surface area (Å²) in [6.45, 7) is 2.93. The number of nitrogens with zero attached hydrogens (tertiary/aromatic N) is 4. The normalized spacial score (nSPS) is 13.7. The van der Waals surface area contributed by atoms with Crippen LogP contribution in [-0.4, -0.2) is 37.5 Å². The number of fused-ring (bicyclic) bond motifs is 1. The minimum Gasteiger partial charge on any atom is -0.445 e. The van der Waals surface area contributed by atoms with Crippen LogP contribution in [0.3, 0.4) is 0 Å². The lowest BCUT2D eigenvalue weighted by molar-refractivity contribution is -0.131. The molecular weight excluding hydrogens is 318 g/mol. The van der Waals surface area contributed by atoms with Gasteiger partial charge in [-0.15, -0.1) is 0 Å². The van der Waals surface area contributed by atoms with Gasteiger partial charge in [-0.1, -0.05) is 30.3 Å². The minimum atomic E-state index is 0.0114. The predicted molar refractivity (Wildman–Crippen MR) is 89.7 cm³/mol. The molecule has 0 spiro atoms. The molecule has 1 aromatic carbocycles. The monoisotopic (exact) mass is 337 g/mol. The van der Waals surface area contributed by atoms with E-state index in [1.165, 1.54) is 0 Å². The first-order valence-corrected chi connectivity index (χ1v) is 8.34. The second kappa shape index (κ2) is 6.51. The van der Waals surface area contributed by atoms with Gasteiger partial charge in [-0.2, -0.15) is 5.10 Å². The number of benzene rings is 1. The van der Waals surface area contributed by atoms with Crippen molar-refractivity contribution < 1.29 is 9.21 Å². The van der Waals surface area contributed by atoms with Crippen LogP contribution >= 0.6 is 0 Å². The van der Waals surface area contributed by atoms with Crippen LogP contribution in [0.25, 0.3) is 0 Å². The second-order valence-corrected chi connectivity index (χ2v) is 6.22. The molecule has 1 aliphatic heterocycles. The average Bonchev–Trinajstić information content (AvgIpc) is 3.20. The number of hydrogen-bond donors (Lipinski definition) is 1. The Morgan fingerprint density at radius 3 is 2.88 bits per heavy atom. The molecule has 1 N–H and O–H groups in total. The number of hydrogen-bond acceptors (Lipinski definition) is 5. The number of aryl methyl sites for hydroxylation is 1. The molecule has 0 saturated heterocycles. The van der Waals surface area contributed by atoms with Crippen LogP contribution < -0.4 is 0 Å². The van der Waals surface area contributed by atoms with E-state index in [1.807, 2.05) is 25.1 Å². The summed E-state index contributed by atoms with van der Waals surface area (Å²) in [5, 5.41) is 6.79. The van der Waals surface area contributed by atoms with Gasteiger partial charge in [0.15, 0.2) is 11.7 Å². The molecule has 0 bridgehead atoms. The maximum atomic E-state index is 12.5. The smallest absolute Gasteiger partial charge is 0.230 e. The molecule has 1 amide bonds. The van der Waals surface area contributed by atoms with Crippen molar-refractivity contribution >= 4 is 5.91 Å². The Bertz CT molecular complexity index is 884. The van der Waals surface area contributed by atoms with Crippen molar-refractivity contribution in [3.8, 4) is 0 Å². The van der Waals surface area contributed by atoms with E-state index in [-0.39, 0.29) is 12.3 Å². The minimum absolute atomic E-state index is 0.0114. The third kappa shape index (κ3) is 3.45. The fourth-order valence-electron chi connectivity index (χ4n) is 3.03. The summed E-state index contributed by atoms with van der Waals surface area (Å²) in [6, 6.07) is 10.1. The summed E-state index contributed by atoms with van der Waals surface area (Å²) >= 11 is 0. The molecule has 3 heterocycles. The molecule has 3 aromatic rings. The molecule has 7 heteroatoms. The lowest BCUT2D eigenvalue weighted by Gasteiger charge is -2.24. The lowest BCUT2D eigenvalue weighted by Crippen LogP contribution is -2.37. The van der Waals surface area contributed by atoms with Crippen LogP contribution in [0.15, 0.2) is 34.7 Å². The second-order valence-electron chi connectivity index (χ2n) is 6.22. The summed E-state index contributed by atoms with van der Waals surface area (Å²) in [5.41, 5.74) is 2.02. The zero-order valence-corrected chi connectivity index (χ0v) is 14.0. The molecule has 2 aromatic heterocycles. The predicted octanol–water partition coefficient (Wildman–Crippen LogP) is 1.82. The number of aromatic amines is 1.